The first-order chi connectivity index (χ1) is 13.6. The molecule has 0 aliphatic rings. The van der Waals surface area contributed by atoms with Crippen molar-refractivity contribution >= 4 is 16.8 Å². The lowest BCUT2D eigenvalue weighted by Crippen LogP contribution is -2.42. The number of pyridine rings is 1. The van der Waals surface area contributed by atoms with Gasteiger partial charge in [-0.1, -0.05) is 0 Å². The number of carbonyl (C=O) groups excluding carboxylic acids is 1. The Morgan fingerprint density at radius 3 is 2.75 bits per heavy atom. The van der Waals surface area contributed by atoms with E-state index in [1.807, 2.05) is 48.9 Å². The first kappa shape index (κ1) is 17.8. The molecule has 0 aliphatic carbocycles. The highest BCUT2D eigenvalue weighted by Crippen LogP contribution is 2.24. The SMILES string of the molecule is C[C@H](NC(=O)c1ccco1)[C@@H](C)Oc1ccc2c(cnn2-c2ccncc2)c1. The van der Waals surface area contributed by atoms with Crippen molar-refractivity contribution in [2.45, 2.75) is 26.0 Å². The fourth-order valence-corrected chi connectivity index (χ4v) is 2.90. The molecule has 0 bridgehead atoms. The van der Waals surface area contributed by atoms with E-state index < -0.39 is 0 Å². The second-order valence-electron chi connectivity index (χ2n) is 6.54. The van der Waals surface area contributed by atoms with Gasteiger partial charge in [0.2, 0.25) is 0 Å². The summed E-state index contributed by atoms with van der Waals surface area (Å²) in [6.45, 7) is 3.81. The van der Waals surface area contributed by atoms with Crippen LogP contribution in [0, 0.1) is 0 Å². The summed E-state index contributed by atoms with van der Waals surface area (Å²) < 4.78 is 13.0. The van der Waals surface area contributed by atoms with Crippen LogP contribution in [0.2, 0.25) is 0 Å². The molecular weight excluding hydrogens is 356 g/mol. The van der Waals surface area contributed by atoms with Crippen LogP contribution in [0.4, 0.5) is 0 Å². The third-order valence-electron chi connectivity index (χ3n) is 4.58. The second-order valence-corrected chi connectivity index (χ2v) is 6.54. The van der Waals surface area contributed by atoms with Gasteiger partial charge in [-0.3, -0.25) is 9.78 Å². The maximum absolute atomic E-state index is 12.1. The van der Waals surface area contributed by atoms with E-state index in [0.717, 1.165) is 16.6 Å². The number of fused-ring (bicyclic) bond motifs is 1. The van der Waals surface area contributed by atoms with Crippen LogP contribution >= 0.6 is 0 Å². The fourth-order valence-electron chi connectivity index (χ4n) is 2.90. The van der Waals surface area contributed by atoms with E-state index in [9.17, 15) is 4.79 Å². The summed E-state index contributed by atoms with van der Waals surface area (Å²) in [6.07, 6.45) is 6.52. The number of nitrogens with zero attached hydrogens (tertiary/aromatic N) is 3. The number of furan rings is 1. The Morgan fingerprint density at radius 1 is 1.18 bits per heavy atom. The minimum Gasteiger partial charge on any atom is -0.489 e. The highest BCUT2D eigenvalue weighted by molar-refractivity contribution is 5.91. The van der Waals surface area contributed by atoms with E-state index >= 15 is 0 Å². The molecule has 0 radical (unpaired) electrons. The molecule has 0 fully saturated rings. The van der Waals surface area contributed by atoms with Gasteiger partial charge in [0.1, 0.15) is 11.9 Å². The van der Waals surface area contributed by atoms with E-state index in [1.54, 1.807) is 30.7 Å². The molecule has 0 saturated heterocycles. The average Bonchev–Trinajstić information content (AvgIpc) is 3.38. The minimum atomic E-state index is -0.262. The fraction of sp³-hybridized carbons (Fsp3) is 0.190. The summed E-state index contributed by atoms with van der Waals surface area (Å²) in [4.78, 5) is 16.1. The van der Waals surface area contributed by atoms with Gasteiger partial charge in [-0.05, 0) is 56.3 Å². The Hall–Kier alpha value is -3.61. The Labute approximate surface area is 161 Å². The predicted molar refractivity (Wildman–Crippen MR) is 105 cm³/mol. The quantitative estimate of drug-likeness (QED) is 0.556. The van der Waals surface area contributed by atoms with Crippen molar-refractivity contribution in [3.8, 4) is 11.4 Å². The van der Waals surface area contributed by atoms with Gasteiger partial charge < -0.3 is 14.5 Å². The maximum atomic E-state index is 12.1. The summed E-state index contributed by atoms with van der Waals surface area (Å²) >= 11 is 0. The number of rotatable bonds is 6. The Morgan fingerprint density at radius 2 is 2.00 bits per heavy atom. The summed E-state index contributed by atoms with van der Waals surface area (Å²) in [5, 5.41) is 8.31. The number of ether oxygens (including phenoxy) is 1. The standard InChI is InChI=1S/C21H20N4O3/c1-14(24-21(26)20-4-3-11-27-20)15(2)28-18-5-6-19-16(12-18)13-23-25(19)17-7-9-22-10-8-17/h3-15H,1-2H3,(H,24,26)/t14-,15+/m0/s1. The molecule has 7 heteroatoms. The van der Waals surface area contributed by atoms with Crippen LogP contribution in [0.3, 0.4) is 0 Å². The van der Waals surface area contributed by atoms with Crippen molar-refractivity contribution < 1.29 is 13.9 Å². The van der Waals surface area contributed by atoms with Crippen LogP contribution in [0.25, 0.3) is 16.6 Å². The number of nitrogens with one attached hydrogen (secondary N) is 1. The minimum absolute atomic E-state index is 0.201. The molecule has 2 atom stereocenters. The molecule has 0 unspecified atom stereocenters. The molecular formula is C21H20N4O3. The molecule has 3 aromatic heterocycles. The van der Waals surface area contributed by atoms with Gasteiger partial charge in [-0.15, -0.1) is 0 Å². The molecule has 7 nitrogen and oxygen atoms in total. The third-order valence-corrected chi connectivity index (χ3v) is 4.58. The molecule has 142 valence electrons. The van der Waals surface area contributed by atoms with Gasteiger partial charge in [0.05, 0.1) is 29.7 Å². The molecule has 4 aromatic rings. The lowest BCUT2D eigenvalue weighted by Gasteiger charge is -2.22. The van der Waals surface area contributed by atoms with Gasteiger partial charge in [0, 0.05) is 17.8 Å². The van der Waals surface area contributed by atoms with Crippen molar-refractivity contribution in [3.63, 3.8) is 0 Å². The zero-order chi connectivity index (χ0) is 19.5. The summed E-state index contributed by atoms with van der Waals surface area (Å²) in [6, 6.07) is 12.7. The second kappa shape index (κ2) is 7.56. The monoisotopic (exact) mass is 376 g/mol. The largest absolute Gasteiger partial charge is 0.489 e. The predicted octanol–water partition coefficient (Wildman–Crippen LogP) is 3.60. The van der Waals surface area contributed by atoms with E-state index in [2.05, 4.69) is 15.4 Å². The van der Waals surface area contributed by atoms with Gasteiger partial charge in [-0.25, -0.2) is 4.68 Å². The van der Waals surface area contributed by atoms with Crippen molar-refractivity contribution in [3.05, 3.63) is 73.1 Å². The van der Waals surface area contributed by atoms with Gasteiger partial charge in [-0.2, -0.15) is 5.10 Å². The van der Waals surface area contributed by atoms with E-state index in [4.69, 9.17) is 9.15 Å². The average molecular weight is 376 g/mol. The summed E-state index contributed by atoms with van der Waals surface area (Å²) in [7, 11) is 0. The molecule has 1 aromatic carbocycles. The molecule has 1 amide bonds. The van der Waals surface area contributed by atoms with Crippen molar-refractivity contribution in [1.82, 2.24) is 20.1 Å². The first-order valence-corrected chi connectivity index (χ1v) is 9.01. The Balaban J connectivity index is 1.46. The van der Waals surface area contributed by atoms with Crippen LogP contribution in [-0.2, 0) is 0 Å². The van der Waals surface area contributed by atoms with Gasteiger partial charge in [0.25, 0.3) is 5.91 Å². The Kier molecular flexibility index (Phi) is 4.80. The number of hydrogen-bond acceptors (Lipinski definition) is 5. The zero-order valence-corrected chi connectivity index (χ0v) is 15.6. The maximum Gasteiger partial charge on any atom is 0.287 e. The molecule has 28 heavy (non-hydrogen) atoms. The van der Waals surface area contributed by atoms with Crippen LogP contribution in [0.15, 0.2) is 71.7 Å². The molecule has 0 spiro atoms. The summed E-state index contributed by atoms with van der Waals surface area (Å²) in [5.41, 5.74) is 1.92. The number of hydrogen-bond donors (Lipinski definition) is 1. The van der Waals surface area contributed by atoms with E-state index in [0.29, 0.717) is 5.75 Å². The van der Waals surface area contributed by atoms with Crippen molar-refractivity contribution in [2.24, 2.45) is 0 Å². The smallest absolute Gasteiger partial charge is 0.287 e. The third kappa shape index (κ3) is 3.59. The van der Waals surface area contributed by atoms with E-state index in [1.165, 1.54) is 6.26 Å². The number of benzene rings is 1. The van der Waals surface area contributed by atoms with Crippen LogP contribution in [0.5, 0.6) is 5.75 Å². The number of aromatic nitrogens is 3. The normalized spacial score (nSPS) is 13.2. The molecule has 3 heterocycles. The molecule has 0 aliphatic heterocycles. The van der Waals surface area contributed by atoms with Gasteiger partial charge in [0.15, 0.2) is 5.76 Å². The number of carbonyl (C=O) groups is 1. The highest BCUT2D eigenvalue weighted by Gasteiger charge is 2.19. The molecule has 1 N–H and O–H groups in total. The lowest BCUT2D eigenvalue weighted by molar-refractivity contribution is 0.0866. The Bertz CT molecular complexity index is 1070. The molecule has 0 saturated carbocycles. The first-order valence-electron chi connectivity index (χ1n) is 9.01. The van der Waals surface area contributed by atoms with Crippen LogP contribution < -0.4 is 10.1 Å². The highest BCUT2D eigenvalue weighted by atomic mass is 16.5. The zero-order valence-electron chi connectivity index (χ0n) is 15.6. The number of amides is 1. The lowest BCUT2D eigenvalue weighted by atomic mass is 10.2. The van der Waals surface area contributed by atoms with Crippen LogP contribution in [0.1, 0.15) is 24.4 Å². The van der Waals surface area contributed by atoms with E-state index in [-0.39, 0.29) is 23.8 Å². The topological polar surface area (TPSA) is 82.2 Å². The summed E-state index contributed by atoms with van der Waals surface area (Å²) in [5.74, 6) is 0.736. The van der Waals surface area contributed by atoms with Crippen molar-refractivity contribution in [1.29, 1.82) is 0 Å². The van der Waals surface area contributed by atoms with Gasteiger partial charge >= 0.3 is 0 Å². The van der Waals surface area contributed by atoms with Crippen molar-refractivity contribution in [2.75, 3.05) is 0 Å². The molecule has 4 rings (SSSR count). The van der Waals surface area contributed by atoms with Crippen LogP contribution in [-0.4, -0.2) is 32.8 Å².